The van der Waals surface area contributed by atoms with Crippen molar-refractivity contribution >= 4 is 55.1 Å². The minimum atomic E-state index is -0.245. The first kappa shape index (κ1) is 30.0. The minimum absolute atomic E-state index is 0.245. The Morgan fingerprint density at radius 3 is 1.88 bits per heavy atom. The van der Waals surface area contributed by atoms with Crippen LogP contribution in [0.3, 0.4) is 0 Å². The van der Waals surface area contributed by atoms with Crippen molar-refractivity contribution in [2.24, 2.45) is 0 Å². The van der Waals surface area contributed by atoms with Crippen LogP contribution in [0.4, 0.5) is 22.7 Å². The summed E-state index contributed by atoms with van der Waals surface area (Å²) in [5.41, 5.74) is 10.2. The van der Waals surface area contributed by atoms with Crippen LogP contribution >= 0.6 is 0 Å². The highest BCUT2D eigenvalue weighted by atomic mass is 16.5. The fraction of sp³-hybridized carbons (Fsp3) is 0.0204. The molecule has 0 radical (unpaired) electrons. The van der Waals surface area contributed by atoms with E-state index in [0.717, 1.165) is 50.2 Å². The summed E-state index contributed by atoms with van der Waals surface area (Å²) >= 11 is 0. The molecule has 0 aromatic heterocycles. The second-order valence-corrected chi connectivity index (χ2v) is 13.4. The van der Waals surface area contributed by atoms with Gasteiger partial charge in [0, 0.05) is 27.7 Å². The van der Waals surface area contributed by atoms with Crippen LogP contribution in [0.5, 0.6) is 5.75 Å². The van der Waals surface area contributed by atoms with E-state index in [9.17, 15) is 0 Å². The predicted molar refractivity (Wildman–Crippen MR) is 218 cm³/mol. The molecule has 246 valence electrons. The molecular weight excluding hydrogens is 633 g/mol. The first-order valence-electron chi connectivity index (χ1n) is 17.8. The minimum Gasteiger partial charge on any atom is -0.464 e. The molecule has 0 saturated carbocycles. The molecular formula is C49H34N2O. The number of fused-ring (bicyclic) bond motifs is 6. The van der Waals surface area contributed by atoms with Crippen LogP contribution in [-0.4, -0.2) is 0 Å². The Labute approximate surface area is 303 Å². The molecule has 0 fully saturated rings. The number of ether oxygens (including phenoxy) is 1. The number of nitrogens with one attached hydrogen (secondary N) is 1. The third-order valence-electron chi connectivity index (χ3n) is 10.3. The quantitative estimate of drug-likeness (QED) is 0.179. The maximum Gasteiger partial charge on any atom is 0.196 e. The average Bonchev–Trinajstić information content (AvgIpc) is 3.67. The molecule has 9 aromatic rings. The summed E-state index contributed by atoms with van der Waals surface area (Å²) in [5.74, 6) is 0.895. The number of rotatable bonds is 6. The van der Waals surface area contributed by atoms with Gasteiger partial charge in [-0.05, 0) is 86.3 Å². The number of hydrogen-bond acceptors (Lipinski definition) is 3. The monoisotopic (exact) mass is 666 g/mol. The fourth-order valence-electron chi connectivity index (χ4n) is 7.77. The molecule has 1 aliphatic rings. The molecule has 3 nitrogen and oxygen atoms in total. The summed E-state index contributed by atoms with van der Waals surface area (Å²) in [4.78, 5) is 2.40. The van der Waals surface area contributed by atoms with E-state index in [-0.39, 0.29) is 6.23 Å². The van der Waals surface area contributed by atoms with E-state index < -0.39 is 0 Å². The van der Waals surface area contributed by atoms with Crippen LogP contribution in [0, 0.1) is 0 Å². The lowest BCUT2D eigenvalue weighted by atomic mass is 9.92. The van der Waals surface area contributed by atoms with E-state index in [4.69, 9.17) is 4.74 Å². The second kappa shape index (κ2) is 12.5. The lowest BCUT2D eigenvalue weighted by Crippen LogP contribution is -2.10. The summed E-state index contributed by atoms with van der Waals surface area (Å²) in [5, 5.41) is 10.6. The van der Waals surface area contributed by atoms with Crippen LogP contribution in [0.2, 0.25) is 0 Å². The molecule has 1 aliphatic heterocycles. The first-order chi connectivity index (χ1) is 25.8. The van der Waals surface area contributed by atoms with Gasteiger partial charge in [0.2, 0.25) is 0 Å². The van der Waals surface area contributed by atoms with Gasteiger partial charge in [0.1, 0.15) is 0 Å². The van der Waals surface area contributed by atoms with Gasteiger partial charge in [-0.25, -0.2) is 0 Å². The molecule has 1 heterocycles. The Morgan fingerprint density at radius 1 is 0.442 bits per heavy atom. The van der Waals surface area contributed by atoms with Gasteiger partial charge in [0.05, 0.1) is 11.4 Å². The number of anilines is 4. The summed E-state index contributed by atoms with van der Waals surface area (Å²) < 4.78 is 6.75. The van der Waals surface area contributed by atoms with Gasteiger partial charge in [0.15, 0.2) is 12.0 Å². The third-order valence-corrected chi connectivity index (χ3v) is 10.3. The molecule has 1 unspecified atom stereocenters. The molecule has 0 aliphatic carbocycles. The van der Waals surface area contributed by atoms with Crippen molar-refractivity contribution in [1.82, 2.24) is 0 Å². The summed E-state index contributed by atoms with van der Waals surface area (Å²) in [6.45, 7) is 0. The molecule has 52 heavy (non-hydrogen) atoms. The van der Waals surface area contributed by atoms with Crippen LogP contribution in [-0.2, 0) is 0 Å². The van der Waals surface area contributed by atoms with Crippen molar-refractivity contribution in [3.63, 3.8) is 0 Å². The normalized spacial score (nSPS) is 13.5. The van der Waals surface area contributed by atoms with Gasteiger partial charge in [0.25, 0.3) is 0 Å². The molecule has 0 spiro atoms. The largest absolute Gasteiger partial charge is 0.464 e. The Hall–Kier alpha value is -6.84. The van der Waals surface area contributed by atoms with E-state index in [1.54, 1.807) is 0 Å². The molecule has 0 saturated heterocycles. The zero-order chi connectivity index (χ0) is 34.4. The van der Waals surface area contributed by atoms with Crippen LogP contribution < -0.4 is 15.0 Å². The molecule has 3 heteroatoms. The SMILES string of the molecule is c1ccc(-c2ccc(N(c3ccc4c(c3)c(-c3ccccc3)cc3ccc5c(c34)OC(c3ccccc3)N5)c3cccc4ccccc34)cc2)cc1. The topological polar surface area (TPSA) is 24.5 Å². The van der Waals surface area contributed by atoms with Crippen LogP contribution in [0.25, 0.3) is 54.6 Å². The zero-order valence-electron chi connectivity index (χ0n) is 28.4. The zero-order valence-corrected chi connectivity index (χ0v) is 28.4. The molecule has 0 amide bonds. The highest BCUT2D eigenvalue weighted by molar-refractivity contribution is 6.18. The maximum absolute atomic E-state index is 6.75. The lowest BCUT2D eigenvalue weighted by molar-refractivity contribution is 0.263. The predicted octanol–water partition coefficient (Wildman–Crippen LogP) is 13.5. The molecule has 0 bridgehead atoms. The van der Waals surface area contributed by atoms with Crippen molar-refractivity contribution in [3.8, 4) is 28.0 Å². The number of hydrogen-bond donors (Lipinski definition) is 1. The van der Waals surface area contributed by atoms with Gasteiger partial charge in [-0.3, -0.25) is 0 Å². The first-order valence-corrected chi connectivity index (χ1v) is 17.8. The van der Waals surface area contributed by atoms with Gasteiger partial charge in [-0.15, -0.1) is 0 Å². The van der Waals surface area contributed by atoms with E-state index in [0.29, 0.717) is 0 Å². The molecule has 9 aromatic carbocycles. The third kappa shape index (κ3) is 5.14. The van der Waals surface area contributed by atoms with Gasteiger partial charge >= 0.3 is 0 Å². The van der Waals surface area contributed by atoms with Crippen molar-refractivity contribution in [1.29, 1.82) is 0 Å². The van der Waals surface area contributed by atoms with E-state index in [1.807, 2.05) is 6.07 Å². The van der Waals surface area contributed by atoms with E-state index in [1.165, 1.54) is 38.4 Å². The highest BCUT2D eigenvalue weighted by Gasteiger charge is 2.27. The van der Waals surface area contributed by atoms with Crippen LogP contribution in [0.1, 0.15) is 11.8 Å². The van der Waals surface area contributed by atoms with Gasteiger partial charge in [-0.2, -0.15) is 0 Å². The van der Waals surface area contributed by atoms with Crippen molar-refractivity contribution in [2.45, 2.75) is 6.23 Å². The standard InChI is InChI=1S/C49H34N2O/c1-4-13-33(14-5-1)34-23-26-39(27-24-34)51(46-22-12-20-35-17-10-11-21-41(35)46)40-28-29-42-44(32-40)43(36-15-6-2-7-16-36)31-38-25-30-45-48(47(38)42)52-49(50-45)37-18-8-3-9-19-37/h1-32,49-50H. The van der Waals surface area contributed by atoms with Crippen LogP contribution in [0.15, 0.2) is 194 Å². The average molecular weight is 667 g/mol. The number of nitrogens with zero attached hydrogens (tertiary/aromatic N) is 1. The van der Waals surface area contributed by atoms with Gasteiger partial charge < -0.3 is 15.0 Å². The smallest absolute Gasteiger partial charge is 0.196 e. The number of benzene rings is 9. The van der Waals surface area contributed by atoms with E-state index >= 15 is 0 Å². The van der Waals surface area contributed by atoms with Gasteiger partial charge in [-0.1, -0.05) is 152 Å². The van der Waals surface area contributed by atoms with Crippen molar-refractivity contribution in [3.05, 3.63) is 200 Å². The fourth-order valence-corrected chi connectivity index (χ4v) is 7.77. The maximum atomic E-state index is 6.75. The second-order valence-electron chi connectivity index (χ2n) is 13.4. The molecule has 1 N–H and O–H groups in total. The summed E-state index contributed by atoms with van der Waals surface area (Å²) in [6.07, 6.45) is -0.245. The lowest BCUT2D eigenvalue weighted by Gasteiger charge is -2.28. The van der Waals surface area contributed by atoms with Crippen molar-refractivity contribution < 1.29 is 4.74 Å². The summed E-state index contributed by atoms with van der Waals surface area (Å²) in [7, 11) is 0. The molecule has 10 rings (SSSR count). The highest BCUT2D eigenvalue weighted by Crippen LogP contribution is 2.49. The Kier molecular flexibility index (Phi) is 7.21. The Balaban J connectivity index is 1.20. The Bertz CT molecular complexity index is 2720. The van der Waals surface area contributed by atoms with E-state index in [2.05, 4.69) is 198 Å². The Morgan fingerprint density at radius 2 is 1.10 bits per heavy atom. The molecule has 1 atom stereocenters. The summed E-state index contributed by atoms with van der Waals surface area (Å²) in [6, 6.07) is 69.4. The van der Waals surface area contributed by atoms with Crippen molar-refractivity contribution in [2.75, 3.05) is 10.2 Å².